The number of nitrogens with zero attached hydrogens (tertiary/aromatic N) is 4. The van der Waals surface area contributed by atoms with Gasteiger partial charge in [-0.05, 0) is 31.9 Å². The summed E-state index contributed by atoms with van der Waals surface area (Å²) in [6.07, 6.45) is 4.37. The van der Waals surface area contributed by atoms with Gasteiger partial charge in [-0.3, -0.25) is 4.40 Å². The number of carbonyl (C=O) groups excluding carboxylic acids is 1. The molecule has 3 heterocycles. The van der Waals surface area contributed by atoms with Crippen LogP contribution in [0.25, 0.3) is 5.65 Å². The summed E-state index contributed by atoms with van der Waals surface area (Å²) in [5.41, 5.74) is 1.68. The molecular formula is C16H18N6OS. The van der Waals surface area contributed by atoms with E-state index in [0.29, 0.717) is 18.3 Å². The second kappa shape index (κ2) is 6.20. The van der Waals surface area contributed by atoms with Crippen LogP contribution in [0.4, 0.5) is 4.79 Å². The third kappa shape index (κ3) is 3.09. The zero-order chi connectivity index (χ0) is 16.5. The SMILES string of the molecule is CC(NC(=O)NCc1csc(C2CC2)n1)c1nnc2ccccn12. The minimum atomic E-state index is -0.250. The van der Waals surface area contributed by atoms with Crippen LogP contribution in [0.5, 0.6) is 0 Å². The lowest BCUT2D eigenvalue weighted by Crippen LogP contribution is -2.37. The summed E-state index contributed by atoms with van der Waals surface area (Å²) >= 11 is 1.68. The molecule has 0 radical (unpaired) electrons. The molecule has 1 fully saturated rings. The Balaban J connectivity index is 1.34. The summed E-state index contributed by atoms with van der Waals surface area (Å²) in [5.74, 6) is 1.35. The fraction of sp³-hybridized carbons (Fsp3) is 0.375. The van der Waals surface area contributed by atoms with E-state index < -0.39 is 0 Å². The summed E-state index contributed by atoms with van der Waals surface area (Å²) < 4.78 is 1.87. The first kappa shape index (κ1) is 15.1. The molecule has 24 heavy (non-hydrogen) atoms. The summed E-state index contributed by atoms with van der Waals surface area (Å²) in [5, 5.41) is 17.2. The van der Waals surface area contributed by atoms with Gasteiger partial charge in [0.05, 0.1) is 23.3 Å². The van der Waals surface area contributed by atoms with Gasteiger partial charge in [0.15, 0.2) is 11.5 Å². The number of thiazole rings is 1. The molecule has 1 saturated carbocycles. The number of nitrogens with one attached hydrogen (secondary N) is 2. The fourth-order valence-corrected chi connectivity index (χ4v) is 3.55. The second-order valence-corrected chi connectivity index (χ2v) is 6.88. The van der Waals surface area contributed by atoms with Gasteiger partial charge >= 0.3 is 6.03 Å². The van der Waals surface area contributed by atoms with Crippen molar-refractivity contribution in [2.45, 2.75) is 38.3 Å². The molecule has 2 amide bonds. The number of aromatic nitrogens is 4. The maximum atomic E-state index is 12.1. The number of fused-ring (bicyclic) bond motifs is 1. The number of carbonyl (C=O) groups is 1. The van der Waals surface area contributed by atoms with Crippen molar-refractivity contribution in [2.75, 3.05) is 0 Å². The second-order valence-electron chi connectivity index (χ2n) is 5.99. The monoisotopic (exact) mass is 342 g/mol. The van der Waals surface area contributed by atoms with E-state index in [-0.39, 0.29) is 12.1 Å². The Kier molecular flexibility index (Phi) is 3.89. The van der Waals surface area contributed by atoms with Crippen molar-refractivity contribution in [3.8, 4) is 0 Å². The quantitative estimate of drug-likeness (QED) is 0.746. The van der Waals surface area contributed by atoms with E-state index in [0.717, 1.165) is 11.3 Å². The van der Waals surface area contributed by atoms with Crippen molar-refractivity contribution in [2.24, 2.45) is 0 Å². The number of hydrogen-bond donors (Lipinski definition) is 2. The molecule has 0 aliphatic heterocycles. The number of urea groups is 1. The maximum absolute atomic E-state index is 12.1. The van der Waals surface area contributed by atoms with Crippen molar-refractivity contribution in [1.82, 2.24) is 30.2 Å². The third-order valence-electron chi connectivity index (χ3n) is 4.00. The van der Waals surface area contributed by atoms with Crippen LogP contribution in [0.15, 0.2) is 29.8 Å². The van der Waals surface area contributed by atoms with E-state index >= 15 is 0 Å². The normalized spacial score (nSPS) is 15.4. The van der Waals surface area contributed by atoms with Crippen LogP contribution in [-0.4, -0.2) is 25.6 Å². The summed E-state index contributed by atoms with van der Waals surface area (Å²) in [6, 6.07) is 5.20. The molecule has 2 N–H and O–H groups in total. The van der Waals surface area contributed by atoms with Crippen molar-refractivity contribution in [3.63, 3.8) is 0 Å². The van der Waals surface area contributed by atoms with Crippen LogP contribution in [-0.2, 0) is 6.54 Å². The highest BCUT2D eigenvalue weighted by Crippen LogP contribution is 2.41. The molecule has 124 valence electrons. The molecule has 0 bridgehead atoms. The van der Waals surface area contributed by atoms with Gasteiger partial charge in [-0.15, -0.1) is 21.5 Å². The maximum Gasteiger partial charge on any atom is 0.315 e. The Labute approximate surface area is 143 Å². The molecule has 1 unspecified atom stereocenters. The Hall–Kier alpha value is -2.48. The average Bonchev–Trinajstić information content (AvgIpc) is 3.17. The van der Waals surface area contributed by atoms with Crippen molar-refractivity contribution < 1.29 is 4.79 Å². The molecule has 3 aromatic heterocycles. The number of rotatable bonds is 5. The zero-order valence-electron chi connectivity index (χ0n) is 13.3. The molecule has 0 saturated heterocycles. The van der Waals surface area contributed by atoms with Crippen LogP contribution in [0, 0.1) is 0 Å². The highest BCUT2D eigenvalue weighted by atomic mass is 32.1. The molecule has 1 aliphatic carbocycles. The molecule has 1 aliphatic rings. The number of amides is 2. The Morgan fingerprint density at radius 2 is 2.29 bits per heavy atom. The molecule has 3 aromatic rings. The van der Waals surface area contributed by atoms with Gasteiger partial charge in [-0.25, -0.2) is 9.78 Å². The number of pyridine rings is 1. The first-order valence-electron chi connectivity index (χ1n) is 7.99. The van der Waals surface area contributed by atoms with Gasteiger partial charge in [0.1, 0.15) is 0 Å². The van der Waals surface area contributed by atoms with Crippen LogP contribution in [0.1, 0.15) is 48.3 Å². The van der Waals surface area contributed by atoms with Crippen molar-refractivity contribution in [3.05, 3.63) is 46.3 Å². The summed E-state index contributed by atoms with van der Waals surface area (Å²) in [4.78, 5) is 16.7. The Morgan fingerprint density at radius 1 is 1.42 bits per heavy atom. The molecule has 7 nitrogen and oxygen atoms in total. The largest absolute Gasteiger partial charge is 0.332 e. The van der Waals surface area contributed by atoms with E-state index in [9.17, 15) is 4.79 Å². The predicted octanol–water partition coefficient (Wildman–Crippen LogP) is 2.62. The van der Waals surface area contributed by atoms with E-state index in [1.165, 1.54) is 17.8 Å². The van der Waals surface area contributed by atoms with Crippen LogP contribution >= 0.6 is 11.3 Å². The van der Waals surface area contributed by atoms with Crippen molar-refractivity contribution >= 4 is 23.0 Å². The van der Waals surface area contributed by atoms with Crippen LogP contribution in [0.3, 0.4) is 0 Å². The van der Waals surface area contributed by atoms with E-state index in [2.05, 4.69) is 25.8 Å². The van der Waals surface area contributed by atoms with Gasteiger partial charge in [-0.2, -0.15) is 0 Å². The van der Waals surface area contributed by atoms with Gasteiger partial charge < -0.3 is 10.6 Å². The molecule has 0 aromatic carbocycles. The average molecular weight is 342 g/mol. The van der Waals surface area contributed by atoms with Gasteiger partial charge in [0, 0.05) is 17.5 Å². The topological polar surface area (TPSA) is 84.2 Å². The molecular weight excluding hydrogens is 324 g/mol. The molecule has 8 heteroatoms. The van der Waals surface area contributed by atoms with E-state index in [1.807, 2.05) is 41.1 Å². The number of hydrogen-bond acceptors (Lipinski definition) is 5. The lowest BCUT2D eigenvalue weighted by Gasteiger charge is -2.12. The minimum Gasteiger partial charge on any atom is -0.332 e. The van der Waals surface area contributed by atoms with E-state index in [1.54, 1.807) is 11.3 Å². The highest BCUT2D eigenvalue weighted by Gasteiger charge is 2.26. The van der Waals surface area contributed by atoms with Gasteiger partial charge in [0.25, 0.3) is 0 Å². The fourth-order valence-electron chi connectivity index (χ4n) is 2.56. The third-order valence-corrected chi connectivity index (χ3v) is 5.06. The standard InChI is InChI=1S/C16H18N6OS/c1-10(14-21-20-13-4-2-3-7-22(13)14)18-16(23)17-8-12-9-24-15(19-12)11-5-6-11/h2-4,7,9-11H,5-6,8H2,1H3,(H2,17,18,23). The van der Waals surface area contributed by atoms with Gasteiger partial charge in [0.2, 0.25) is 0 Å². The Morgan fingerprint density at radius 3 is 3.12 bits per heavy atom. The van der Waals surface area contributed by atoms with Gasteiger partial charge in [-0.1, -0.05) is 6.07 Å². The summed E-state index contributed by atoms with van der Waals surface area (Å²) in [7, 11) is 0. The minimum absolute atomic E-state index is 0.240. The highest BCUT2D eigenvalue weighted by molar-refractivity contribution is 7.09. The first-order chi connectivity index (χ1) is 11.7. The molecule has 1 atom stereocenters. The van der Waals surface area contributed by atoms with Crippen LogP contribution in [0.2, 0.25) is 0 Å². The van der Waals surface area contributed by atoms with E-state index in [4.69, 9.17) is 0 Å². The Bertz CT molecular complexity index is 868. The molecule has 0 spiro atoms. The smallest absolute Gasteiger partial charge is 0.315 e. The lowest BCUT2D eigenvalue weighted by atomic mass is 10.3. The first-order valence-corrected chi connectivity index (χ1v) is 8.87. The lowest BCUT2D eigenvalue weighted by molar-refractivity contribution is 0.237. The zero-order valence-corrected chi connectivity index (χ0v) is 14.1. The molecule has 4 rings (SSSR count). The summed E-state index contributed by atoms with van der Waals surface area (Å²) in [6.45, 7) is 2.32. The predicted molar refractivity (Wildman–Crippen MR) is 90.9 cm³/mol. The van der Waals surface area contributed by atoms with Crippen molar-refractivity contribution in [1.29, 1.82) is 0 Å². The van der Waals surface area contributed by atoms with Crippen LogP contribution < -0.4 is 10.6 Å².